The first kappa shape index (κ1) is 15.6. The van der Waals surface area contributed by atoms with Gasteiger partial charge < -0.3 is 0 Å². The van der Waals surface area contributed by atoms with Gasteiger partial charge in [0.05, 0.1) is 26.5 Å². The van der Waals surface area contributed by atoms with E-state index in [-0.39, 0.29) is 19.0 Å². The van der Waals surface area contributed by atoms with E-state index in [4.69, 9.17) is 0 Å². The number of hydrogen-bond acceptors (Lipinski definition) is 0. The van der Waals surface area contributed by atoms with Crippen LogP contribution in [0.3, 0.4) is 0 Å². The molecule has 0 amide bonds. The maximum absolute atomic E-state index is 3.53. The molecule has 6 heteroatoms. The van der Waals surface area contributed by atoms with Gasteiger partial charge in [-0.3, -0.25) is 0 Å². The molecule has 0 heterocycles. The van der Waals surface area contributed by atoms with Crippen molar-refractivity contribution < 1.29 is 0 Å². The van der Waals surface area contributed by atoms with E-state index in [0.29, 0.717) is 7.47 Å². The van der Waals surface area contributed by atoms with E-state index >= 15 is 0 Å². The van der Waals surface area contributed by atoms with Gasteiger partial charge in [0.15, 0.2) is 0 Å². The normalized spacial score (nSPS) is 12.9. The summed E-state index contributed by atoms with van der Waals surface area (Å²) < 4.78 is 0.978. The summed E-state index contributed by atoms with van der Waals surface area (Å²) >= 11 is 14.1. The molecule has 1 aromatic rings. The van der Waals surface area contributed by atoms with Crippen LogP contribution in [0.15, 0.2) is 24.3 Å². The third-order valence-corrected chi connectivity index (χ3v) is 11.4. The van der Waals surface area contributed by atoms with E-state index in [1.807, 2.05) is 0 Å². The van der Waals surface area contributed by atoms with E-state index in [1.54, 1.807) is 10.4 Å². The fraction of sp³-hybridized carbons (Fsp3) is 0.400. The molecule has 0 fully saturated rings. The quantitative estimate of drug-likeness (QED) is 0.408. The molecule has 0 saturated carbocycles. The average molecular weight is 510 g/mol. The zero-order valence-electron chi connectivity index (χ0n) is 8.80. The second-order valence-corrected chi connectivity index (χ2v) is 14.3. The van der Waals surface area contributed by atoms with Gasteiger partial charge in [-0.25, -0.2) is 0 Å². The second kappa shape index (κ2) is 8.64. The zero-order chi connectivity index (χ0) is 12.0. The minimum atomic E-state index is -0.101. The Morgan fingerprint density at radius 1 is 0.750 bits per heavy atom. The molecule has 0 aliphatic heterocycles. The Balaban J connectivity index is 2.41. The molecule has 0 unspecified atom stereocenters. The lowest BCUT2D eigenvalue weighted by Gasteiger charge is -2.05. The smallest absolute Gasteiger partial charge is 0.0672 e. The van der Waals surface area contributed by atoms with Crippen LogP contribution in [0.5, 0.6) is 0 Å². The Labute approximate surface area is 136 Å². The van der Waals surface area contributed by atoms with Crippen LogP contribution in [-0.2, 0) is 0 Å². The summed E-state index contributed by atoms with van der Waals surface area (Å²) in [4.78, 5) is 0. The predicted octanol–water partition coefficient (Wildman–Crippen LogP) is 2.34. The molecule has 90 valence electrons. The van der Waals surface area contributed by atoms with Gasteiger partial charge in [-0.1, -0.05) is 98.4 Å². The van der Waals surface area contributed by atoms with E-state index in [2.05, 4.69) is 88.0 Å². The van der Waals surface area contributed by atoms with Crippen molar-refractivity contribution in [3.8, 4) is 0 Å². The van der Waals surface area contributed by atoms with Crippen molar-refractivity contribution >= 4 is 93.1 Å². The molecule has 0 spiro atoms. The zero-order valence-corrected chi connectivity index (χ0v) is 18.0. The van der Waals surface area contributed by atoms with Gasteiger partial charge in [-0.15, -0.1) is 0 Å². The van der Waals surface area contributed by atoms with Gasteiger partial charge in [-0.05, 0) is 12.1 Å². The SMILES string of the molecule is BrC(Br)C[SiH2]c1ccc([SiH2]CC(Br)Br)cc1. The largest absolute Gasteiger partial charge is 0.0768 e. The lowest BCUT2D eigenvalue weighted by molar-refractivity contribution is 1.44. The maximum atomic E-state index is 3.53. The summed E-state index contributed by atoms with van der Waals surface area (Å²) in [7, 11) is -0.203. The van der Waals surface area contributed by atoms with Gasteiger partial charge in [-0.2, -0.15) is 0 Å². The Morgan fingerprint density at radius 2 is 1.06 bits per heavy atom. The average Bonchev–Trinajstić information content (AvgIpc) is 2.25. The standard InChI is InChI=1S/C10H14Br4Si2/c11-9(12)5-15-7-1-2-8(4-3-7)16-6-10(13)14/h1-4,9-10H,5-6,15-16H2. The molecule has 0 nitrogen and oxygen atoms in total. The third kappa shape index (κ3) is 7.11. The number of rotatable bonds is 6. The molecule has 1 aromatic carbocycles. The summed E-state index contributed by atoms with van der Waals surface area (Å²) in [5, 5.41) is 3.13. The summed E-state index contributed by atoms with van der Waals surface area (Å²) in [6, 6.07) is 11.8. The van der Waals surface area contributed by atoms with Gasteiger partial charge in [0.2, 0.25) is 0 Å². The van der Waals surface area contributed by atoms with Crippen molar-refractivity contribution in [3.05, 3.63) is 24.3 Å². The van der Waals surface area contributed by atoms with Crippen LogP contribution < -0.4 is 10.4 Å². The Kier molecular flexibility index (Phi) is 8.44. The Bertz CT molecular complexity index is 269. The molecule has 0 aliphatic rings. The highest BCUT2D eigenvalue weighted by Gasteiger charge is 2.02. The highest BCUT2D eigenvalue weighted by atomic mass is 79.9. The van der Waals surface area contributed by atoms with E-state index in [0.717, 1.165) is 0 Å². The van der Waals surface area contributed by atoms with Crippen molar-refractivity contribution in [2.45, 2.75) is 19.6 Å². The van der Waals surface area contributed by atoms with Crippen LogP contribution in [0.2, 0.25) is 12.1 Å². The second-order valence-electron chi connectivity index (χ2n) is 3.68. The van der Waals surface area contributed by atoms with Gasteiger partial charge in [0.25, 0.3) is 0 Å². The molecule has 16 heavy (non-hydrogen) atoms. The highest BCUT2D eigenvalue weighted by molar-refractivity contribution is 9.25. The van der Waals surface area contributed by atoms with Crippen LogP contribution in [0.4, 0.5) is 0 Å². The molecule has 0 N–H and O–H groups in total. The molecule has 0 radical (unpaired) electrons. The summed E-state index contributed by atoms with van der Waals surface area (Å²) in [5.41, 5.74) is 0. The number of halogens is 4. The first-order chi connectivity index (χ1) is 7.58. The fourth-order valence-electron chi connectivity index (χ4n) is 1.42. The molecule has 0 aliphatic carbocycles. The summed E-state index contributed by atoms with van der Waals surface area (Å²) in [5.74, 6) is 0. The molecular formula is C10H14Br4Si2. The first-order valence-corrected chi connectivity index (χ1v) is 12.3. The number of alkyl halides is 4. The summed E-state index contributed by atoms with van der Waals surface area (Å²) in [6.07, 6.45) is 0. The Morgan fingerprint density at radius 3 is 1.31 bits per heavy atom. The lowest BCUT2D eigenvalue weighted by Crippen LogP contribution is -2.21. The van der Waals surface area contributed by atoms with Crippen molar-refractivity contribution in [2.75, 3.05) is 0 Å². The van der Waals surface area contributed by atoms with Crippen LogP contribution in [0, 0.1) is 0 Å². The van der Waals surface area contributed by atoms with Crippen molar-refractivity contribution in [1.29, 1.82) is 0 Å². The Hall–Kier alpha value is 1.57. The van der Waals surface area contributed by atoms with Crippen LogP contribution in [-0.4, -0.2) is 26.5 Å². The monoisotopic (exact) mass is 506 g/mol. The van der Waals surface area contributed by atoms with Crippen molar-refractivity contribution in [1.82, 2.24) is 0 Å². The minimum absolute atomic E-state index is 0.101. The van der Waals surface area contributed by atoms with Gasteiger partial charge >= 0.3 is 0 Å². The molecule has 0 aromatic heterocycles. The lowest BCUT2D eigenvalue weighted by atomic mass is 10.4. The van der Waals surface area contributed by atoms with E-state index < -0.39 is 0 Å². The summed E-state index contributed by atoms with van der Waals surface area (Å²) in [6.45, 7) is 0. The third-order valence-electron chi connectivity index (χ3n) is 2.33. The molecule has 0 saturated heterocycles. The van der Waals surface area contributed by atoms with Gasteiger partial charge in [0, 0.05) is 0 Å². The first-order valence-electron chi connectivity index (χ1n) is 5.22. The molecule has 0 bridgehead atoms. The predicted molar refractivity (Wildman–Crippen MR) is 95.7 cm³/mol. The van der Waals surface area contributed by atoms with Crippen LogP contribution in [0.25, 0.3) is 0 Å². The molecular weight excluding hydrogens is 496 g/mol. The number of hydrogen-bond donors (Lipinski definition) is 0. The van der Waals surface area contributed by atoms with Crippen LogP contribution >= 0.6 is 63.7 Å². The molecule has 0 atom stereocenters. The minimum Gasteiger partial charge on any atom is -0.0768 e. The highest BCUT2D eigenvalue weighted by Crippen LogP contribution is 2.12. The topological polar surface area (TPSA) is 0 Å². The maximum Gasteiger partial charge on any atom is 0.0672 e. The van der Waals surface area contributed by atoms with E-state index in [9.17, 15) is 0 Å². The van der Waals surface area contributed by atoms with Gasteiger partial charge in [0.1, 0.15) is 0 Å². The van der Waals surface area contributed by atoms with Crippen molar-refractivity contribution in [3.63, 3.8) is 0 Å². The fourth-order valence-corrected chi connectivity index (χ4v) is 6.41. The van der Waals surface area contributed by atoms with E-state index in [1.165, 1.54) is 12.1 Å². The number of benzene rings is 1. The van der Waals surface area contributed by atoms with Crippen LogP contribution in [0.1, 0.15) is 0 Å². The molecule has 1 rings (SSSR count). The van der Waals surface area contributed by atoms with Crippen molar-refractivity contribution in [2.24, 2.45) is 0 Å².